The van der Waals surface area contributed by atoms with Crippen LogP contribution >= 0.6 is 43.5 Å². The summed E-state index contributed by atoms with van der Waals surface area (Å²) in [6.07, 6.45) is 0. The molecular weight excluding hydrogens is 399 g/mol. The molecule has 0 aliphatic rings. The molecule has 100 valence electrons. The number of alkyl halides is 1. The minimum absolute atomic E-state index is 0.141. The molecule has 0 aromatic heterocycles. The summed E-state index contributed by atoms with van der Waals surface area (Å²) in [5.41, 5.74) is 2.44. The molecule has 0 aliphatic heterocycles. The first-order valence-corrected chi connectivity index (χ1v) is 8.32. The molecule has 0 heterocycles. The Bertz CT molecular complexity index is 763. The number of hydrogen-bond acceptors (Lipinski definition) is 0. The Morgan fingerprint density at radius 1 is 0.900 bits per heavy atom. The third kappa shape index (κ3) is 2.65. The molecule has 0 radical (unpaired) electrons. The Labute approximate surface area is 140 Å². The van der Waals surface area contributed by atoms with E-state index in [9.17, 15) is 0 Å². The van der Waals surface area contributed by atoms with Crippen LogP contribution in [0.25, 0.3) is 10.8 Å². The van der Waals surface area contributed by atoms with Crippen LogP contribution < -0.4 is 0 Å². The van der Waals surface area contributed by atoms with Crippen LogP contribution in [0.3, 0.4) is 0 Å². The SMILES string of the molecule is Clc1ccc(C(Br)c2cccc3ccccc23)cc1Br. The van der Waals surface area contributed by atoms with Crippen molar-refractivity contribution < 1.29 is 0 Å². The van der Waals surface area contributed by atoms with E-state index in [1.165, 1.54) is 21.9 Å². The second kappa shape index (κ2) is 5.88. The van der Waals surface area contributed by atoms with Gasteiger partial charge in [-0.3, -0.25) is 0 Å². The maximum atomic E-state index is 6.06. The first kappa shape index (κ1) is 14.1. The third-order valence-electron chi connectivity index (χ3n) is 3.33. The summed E-state index contributed by atoms with van der Waals surface area (Å²) in [5.74, 6) is 0. The van der Waals surface area contributed by atoms with E-state index >= 15 is 0 Å². The van der Waals surface area contributed by atoms with Crippen molar-refractivity contribution in [3.05, 3.63) is 81.3 Å². The molecule has 0 N–H and O–H groups in total. The van der Waals surface area contributed by atoms with E-state index in [0.717, 1.165) is 9.50 Å². The summed E-state index contributed by atoms with van der Waals surface area (Å²) in [7, 11) is 0. The Kier molecular flexibility index (Phi) is 4.16. The fourth-order valence-electron chi connectivity index (χ4n) is 2.32. The Balaban J connectivity index is 2.12. The summed E-state index contributed by atoms with van der Waals surface area (Å²) in [4.78, 5) is 0.141. The number of fused-ring (bicyclic) bond motifs is 1. The maximum absolute atomic E-state index is 6.06. The van der Waals surface area contributed by atoms with Gasteiger partial charge in [-0.2, -0.15) is 0 Å². The van der Waals surface area contributed by atoms with Crippen molar-refractivity contribution in [3.8, 4) is 0 Å². The predicted octanol–water partition coefficient (Wildman–Crippen LogP) is 6.74. The highest BCUT2D eigenvalue weighted by atomic mass is 79.9. The van der Waals surface area contributed by atoms with Gasteiger partial charge >= 0.3 is 0 Å². The van der Waals surface area contributed by atoms with Crippen LogP contribution in [0.2, 0.25) is 5.02 Å². The zero-order valence-corrected chi connectivity index (χ0v) is 14.4. The lowest BCUT2D eigenvalue weighted by atomic mass is 9.98. The summed E-state index contributed by atoms with van der Waals surface area (Å²) >= 11 is 13.4. The molecule has 3 rings (SSSR count). The van der Waals surface area contributed by atoms with E-state index < -0.39 is 0 Å². The molecule has 0 bridgehead atoms. The molecule has 3 aromatic carbocycles. The summed E-state index contributed by atoms with van der Waals surface area (Å²) in [6.45, 7) is 0. The van der Waals surface area contributed by atoms with Gasteiger partial charge in [-0.05, 0) is 50.0 Å². The Morgan fingerprint density at radius 3 is 2.45 bits per heavy atom. The van der Waals surface area contributed by atoms with E-state index in [1.54, 1.807) is 0 Å². The van der Waals surface area contributed by atoms with Gasteiger partial charge in [-0.15, -0.1) is 0 Å². The van der Waals surface area contributed by atoms with Crippen molar-refractivity contribution in [3.63, 3.8) is 0 Å². The van der Waals surface area contributed by atoms with Gasteiger partial charge in [0, 0.05) is 4.47 Å². The second-order valence-corrected chi connectivity index (χ2v) is 6.78. The summed E-state index contributed by atoms with van der Waals surface area (Å²) in [6, 6.07) is 20.8. The predicted molar refractivity (Wildman–Crippen MR) is 93.9 cm³/mol. The molecule has 3 heteroatoms. The summed E-state index contributed by atoms with van der Waals surface area (Å²) in [5, 5.41) is 3.25. The molecule has 0 saturated carbocycles. The molecule has 0 saturated heterocycles. The fraction of sp³-hybridized carbons (Fsp3) is 0.0588. The van der Waals surface area contributed by atoms with Crippen LogP contribution in [-0.4, -0.2) is 0 Å². The van der Waals surface area contributed by atoms with Crippen molar-refractivity contribution in [2.75, 3.05) is 0 Å². The highest BCUT2D eigenvalue weighted by Gasteiger charge is 2.14. The smallest absolute Gasteiger partial charge is 0.0651 e. The quantitative estimate of drug-likeness (QED) is 0.410. The van der Waals surface area contributed by atoms with Crippen LogP contribution in [0.1, 0.15) is 16.0 Å². The van der Waals surface area contributed by atoms with Gasteiger partial charge in [-0.25, -0.2) is 0 Å². The van der Waals surface area contributed by atoms with Gasteiger partial charge in [0.2, 0.25) is 0 Å². The largest absolute Gasteiger partial charge is 0.0831 e. The van der Waals surface area contributed by atoms with E-state index in [0.29, 0.717) is 0 Å². The first-order chi connectivity index (χ1) is 9.66. The van der Waals surface area contributed by atoms with Crippen LogP contribution in [-0.2, 0) is 0 Å². The van der Waals surface area contributed by atoms with Gasteiger partial charge < -0.3 is 0 Å². The minimum Gasteiger partial charge on any atom is -0.0831 e. The number of rotatable bonds is 2. The van der Waals surface area contributed by atoms with Gasteiger partial charge in [0.05, 0.1) is 9.85 Å². The lowest BCUT2D eigenvalue weighted by molar-refractivity contribution is 1.19. The van der Waals surface area contributed by atoms with Crippen molar-refractivity contribution in [1.29, 1.82) is 0 Å². The third-order valence-corrected chi connectivity index (χ3v) is 5.57. The van der Waals surface area contributed by atoms with Gasteiger partial charge in [0.1, 0.15) is 0 Å². The average Bonchev–Trinajstić information content (AvgIpc) is 2.49. The molecule has 1 unspecified atom stereocenters. The zero-order chi connectivity index (χ0) is 14.1. The van der Waals surface area contributed by atoms with Crippen molar-refractivity contribution in [1.82, 2.24) is 0 Å². The van der Waals surface area contributed by atoms with Crippen LogP contribution in [0.5, 0.6) is 0 Å². The van der Waals surface area contributed by atoms with E-state index in [2.05, 4.69) is 80.4 Å². The lowest BCUT2D eigenvalue weighted by Crippen LogP contribution is -1.94. The van der Waals surface area contributed by atoms with E-state index in [4.69, 9.17) is 11.6 Å². The average molecular weight is 411 g/mol. The monoisotopic (exact) mass is 408 g/mol. The van der Waals surface area contributed by atoms with Crippen molar-refractivity contribution in [2.45, 2.75) is 4.83 Å². The molecule has 3 aromatic rings. The Morgan fingerprint density at radius 2 is 1.65 bits per heavy atom. The van der Waals surface area contributed by atoms with Gasteiger partial charge in [-0.1, -0.05) is 76.1 Å². The second-order valence-electron chi connectivity index (χ2n) is 4.60. The normalized spacial score (nSPS) is 12.6. The van der Waals surface area contributed by atoms with Gasteiger partial charge in [0.15, 0.2) is 0 Å². The topological polar surface area (TPSA) is 0 Å². The van der Waals surface area contributed by atoms with Crippen LogP contribution in [0.15, 0.2) is 65.1 Å². The molecule has 0 fully saturated rings. The van der Waals surface area contributed by atoms with Crippen LogP contribution in [0.4, 0.5) is 0 Å². The van der Waals surface area contributed by atoms with E-state index in [1.807, 2.05) is 12.1 Å². The molecule has 20 heavy (non-hydrogen) atoms. The van der Waals surface area contributed by atoms with Gasteiger partial charge in [0.25, 0.3) is 0 Å². The fourth-order valence-corrected chi connectivity index (χ4v) is 3.52. The number of hydrogen-bond donors (Lipinski definition) is 0. The van der Waals surface area contributed by atoms with Crippen LogP contribution in [0, 0.1) is 0 Å². The van der Waals surface area contributed by atoms with Crippen molar-refractivity contribution >= 4 is 54.2 Å². The maximum Gasteiger partial charge on any atom is 0.0651 e. The Hall–Kier alpha value is -0.830. The highest BCUT2D eigenvalue weighted by molar-refractivity contribution is 9.10. The molecule has 1 atom stereocenters. The lowest BCUT2D eigenvalue weighted by Gasteiger charge is -2.14. The van der Waals surface area contributed by atoms with Crippen molar-refractivity contribution in [2.24, 2.45) is 0 Å². The standard InChI is InChI=1S/C17H11Br2Cl/c18-15-10-12(8-9-16(15)20)17(19)14-7-3-5-11-4-1-2-6-13(11)14/h1-10,17H. The first-order valence-electron chi connectivity index (χ1n) is 6.23. The highest BCUT2D eigenvalue weighted by Crippen LogP contribution is 2.37. The molecule has 0 amide bonds. The summed E-state index contributed by atoms with van der Waals surface area (Å²) < 4.78 is 0.918. The minimum atomic E-state index is 0.141. The number of halogens is 3. The van der Waals surface area contributed by atoms with E-state index in [-0.39, 0.29) is 4.83 Å². The number of benzene rings is 3. The molecule has 0 aliphatic carbocycles. The zero-order valence-electron chi connectivity index (χ0n) is 10.5. The molecular formula is C17H11Br2Cl. The molecule has 0 nitrogen and oxygen atoms in total. The molecule has 0 spiro atoms.